The summed E-state index contributed by atoms with van der Waals surface area (Å²) in [5.41, 5.74) is 0.300. The predicted molar refractivity (Wildman–Crippen MR) is 89.6 cm³/mol. The largest absolute Gasteiger partial charge is 0.373 e. The van der Waals surface area contributed by atoms with E-state index in [1.807, 2.05) is 18.7 Å². The predicted octanol–water partition coefficient (Wildman–Crippen LogP) is 1.79. The summed E-state index contributed by atoms with van der Waals surface area (Å²) in [6.45, 7) is 5.49. The van der Waals surface area contributed by atoms with Gasteiger partial charge in [-0.05, 0) is 32.0 Å². The molecule has 1 aliphatic heterocycles. The molecule has 1 fully saturated rings. The molecule has 2 rings (SSSR count). The zero-order valence-electron chi connectivity index (χ0n) is 13.4. The SMILES string of the molecule is CC1CN(CC(=O)Nc2cc(S(C)(=O)=O)ccc2Cl)CC(C)O1. The van der Waals surface area contributed by atoms with Crippen LogP contribution in [0.2, 0.25) is 5.02 Å². The molecule has 1 aromatic rings. The molecule has 0 aliphatic carbocycles. The molecule has 0 bridgehead atoms. The lowest BCUT2D eigenvalue weighted by molar-refractivity contribution is -0.121. The van der Waals surface area contributed by atoms with Crippen LogP contribution in [0.1, 0.15) is 13.8 Å². The summed E-state index contributed by atoms with van der Waals surface area (Å²) in [5, 5.41) is 2.98. The van der Waals surface area contributed by atoms with E-state index in [9.17, 15) is 13.2 Å². The number of nitrogens with zero attached hydrogens (tertiary/aromatic N) is 1. The third-order valence-electron chi connectivity index (χ3n) is 3.50. The Bertz CT molecular complexity index is 683. The van der Waals surface area contributed by atoms with Gasteiger partial charge in [-0.3, -0.25) is 9.69 Å². The standard InChI is InChI=1S/C15H21ClN2O4S/c1-10-7-18(8-11(2)22-10)9-15(19)17-14-6-12(23(3,20)21)4-5-13(14)16/h4-6,10-11H,7-9H2,1-3H3,(H,17,19). The highest BCUT2D eigenvalue weighted by Gasteiger charge is 2.24. The first-order valence-electron chi connectivity index (χ1n) is 7.32. The summed E-state index contributed by atoms with van der Waals surface area (Å²) in [6, 6.07) is 4.26. The van der Waals surface area contributed by atoms with Gasteiger partial charge in [-0.15, -0.1) is 0 Å². The van der Waals surface area contributed by atoms with Crippen molar-refractivity contribution in [2.45, 2.75) is 31.0 Å². The second-order valence-corrected chi connectivity index (χ2v) is 8.34. The number of anilines is 1. The Hall–Kier alpha value is -1.15. The molecule has 1 aromatic carbocycles. The van der Waals surface area contributed by atoms with Crippen LogP contribution in [0.25, 0.3) is 0 Å². The Labute approximate surface area is 141 Å². The van der Waals surface area contributed by atoms with Crippen molar-refractivity contribution < 1.29 is 17.9 Å². The van der Waals surface area contributed by atoms with Crippen molar-refractivity contribution in [3.8, 4) is 0 Å². The van der Waals surface area contributed by atoms with E-state index in [1.165, 1.54) is 18.2 Å². The maximum Gasteiger partial charge on any atom is 0.238 e. The van der Waals surface area contributed by atoms with Crippen molar-refractivity contribution in [1.82, 2.24) is 4.90 Å². The topological polar surface area (TPSA) is 75.7 Å². The maximum atomic E-state index is 12.2. The molecular weight excluding hydrogens is 340 g/mol. The number of morpholine rings is 1. The monoisotopic (exact) mass is 360 g/mol. The first-order valence-corrected chi connectivity index (χ1v) is 9.59. The number of hydrogen-bond acceptors (Lipinski definition) is 5. The average Bonchev–Trinajstić information content (AvgIpc) is 2.38. The van der Waals surface area contributed by atoms with Crippen molar-refractivity contribution in [3.63, 3.8) is 0 Å². The Balaban J connectivity index is 2.05. The molecule has 1 heterocycles. The molecule has 128 valence electrons. The van der Waals surface area contributed by atoms with E-state index < -0.39 is 9.84 Å². The number of hydrogen-bond donors (Lipinski definition) is 1. The fraction of sp³-hybridized carbons (Fsp3) is 0.533. The maximum absolute atomic E-state index is 12.2. The van der Waals surface area contributed by atoms with Gasteiger partial charge < -0.3 is 10.1 Å². The lowest BCUT2D eigenvalue weighted by Gasteiger charge is -2.34. The third-order valence-corrected chi connectivity index (χ3v) is 4.94. The van der Waals surface area contributed by atoms with Crippen molar-refractivity contribution in [3.05, 3.63) is 23.2 Å². The average molecular weight is 361 g/mol. The minimum Gasteiger partial charge on any atom is -0.373 e. The van der Waals surface area contributed by atoms with E-state index in [1.54, 1.807) is 0 Å². The Morgan fingerprint density at radius 2 is 1.96 bits per heavy atom. The van der Waals surface area contributed by atoms with Crippen LogP contribution in [-0.2, 0) is 19.4 Å². The van der Waals surface area contributed by atoms with Crippen LogP contribution in [0.4, 0.5) is 5.69 Å². The molecule has 1 amide bonds. The van der Waals surface area contributed by atoms with E-state index in [-0.39, 0.29) is 29.6 Å². The molecule has 1 saturated heterocycles. The van der Waals surface area contributed by atoms with Gasteiger partial charge in [0.1, 0.15) is 0 Å². The highest BCUT2D eigenvalue weighted by Crippen LogP contribution is 2.25. The van der Waals surface area contributed by atoms with Gasteiger partial charge in [0.2, 0.25) is 5.91 Å². The zero-order valence-corrected chi connectivity index (χ0v) is 14.9. The van der Waals surface area contributed by atoms with Crippen LogP contribution in [0.5, 0.6) is 0 Å². The van der Waals surface area contributed by atoms with Gasteiger partial charge in [-0.25, -0.2) is 8.42 Å². The van der Waals surface area contributed by atoms with Crippen molar-refractivity contribution >= 4 is 33.0 Å². The third kappa shape index (κ3) is 5.17. The Morgan fingerprint density at radius 1 is 1.35 bits per heavy atom. The fourth-order valence-electron chi connectivity index (χ4n) is 2.64. The summed E-state index contributed by atoms with van der Waals surface area (Å²) in [6.07, 6.45) is 1.26. The molecule has 0 aromatic heterocycles. The van der Waals surface area contributed by atoms with Crippen LogP contribution in [-0.4, -0.2) is 57.3 Å². The molecule has 0 spiro atoms. The molecule has 8 heteroatoms. The van der Waals surface area contributed by atoms with Gasteiger partial charge in [0.15, 0.2) is 9.84 Å². The number of halogens is 1. The molecule has 0 saturated carbocycles. The fourth-order valence-corrected chi connectivity index (χ4v) is 3.45. The first-order chi connectivity index (χ1) is 10.6. The quantitative estimate of drug-likeness (QED) is 0.886. The number of nitrogens with one attached hydrogen (secondary N) is 1. The molecule has 0 radical (unpaired) electrons. The molecule has 23 heavy (non-hydrogen) atoms. The summed E-state index contributed by atoms with van der Waals surface area (Å²) >= 11 is 6.04. The lowest BCUT2D eigenvalue weighted by Crippen LogP contribution is -2.48. The lowest BCUT2D eigenvalue weighted by atomic mass is 10.2. The number of carbonyl (C=O) groups excluding carboxylic acids is 1. The van der Waals surface area contributed by atoms with Crippen LogP contribution >= 0.6 is 11.6 Å². The van der Waals surface area contributed by atoms with E-state index in [2.05, 4.69) is 5.32 Å². The van der Waals surface area contributed by atoms with Gasteiger partial charge in [0.05, 0.1) is 34.4 Å². The molecule has 2 unspecified atom stereocenters. The second kappa shape index (κ2) is 7.17. The highest BCUT2D eigenvalue weighted by atomic mass is 35.5. The smallest absolute Gasteiger partial charge is 0.238 e. The Morgan fingerprint density at radius 3 is 2.52 bits per heavy atom. The van der Waals surface area contributed by atoms with Crippen LogP contribution in [0.15, 0.2) is 23.1 Å². The number of ether oxygens (including phenoxy) is 1. The van der Waals surface area contributed by atoms with Gasteiger partial charge in [0.25, 0.3) is 0 Å². The first kappa shape index (κ1) is 18.2. The van der Waals surface area contributed by atoms with Crippen LogP contribution in [0, 0.1) is 0 Å². The molecule has 1 aliphatic rings. The molecule has 2 atom stereocenters. The number of sulfone groups is 1. The minimum atomic E-state index is -3.36. The Kier molecular flexibility index (Phi) is 5.67. The van der Waals surface area contributed by atoms with Crippen LogP contribution in [0.3, 0.4) is 0 Å². The second-order valence-electron chi connectivity index (χ2n) is 5.91. The summed E-state index contributed by atoms with van der Waals surface area (Å²) < 4.78 is 28.8. The van der Waals surface area contributed by atoms with Crippen LogP contribution < -0.4 is 5.32 Å². The molecule has 1 N–H and O–H groups in total. The van der Waals surface area contributed by atoms with E-state index in [0.29, 0.717) is 23.8 Å². The normalized spacial score (nSPS) is 22.8. The highest BCUT2D eigenvalue weighted by molar-refractivity contribution is 7.90. The van der Waals surface area contributed by atoms with Gasteiger partial charge in [0, 0.05) is 19.3 Å². The summed E-state index contributed by atoms with van der Waals surface area (Å²) in [4.78, 5) is 14.3. The van der Waals surface area contributed by atoms with Crippen molar-refractivity contribution in [2.24, 2.45) is 0 Å². The number of rotatable bonds is 4. The van der Waals surface area contributed by atoms with Gasteiger partial charge >= 0.3 is 0 Å². The zero-order chi connectivity index (χ0) is 17.2. The van der Waals surface area contributed by atoms with Gasteiger partial charge in [-0.1, -0.05) is 11.6 Å². The van der Waals surface area contributed by atoms with Gasteiger partial charge in [-0.2, -0.15) is 0 Å². The minimum absolute atomic E-state index is 0.0729. The number of carbonyl (C=O) groups is 1. The molecule has 6 nitrogen and oxygen atoms in total. The molecular formula is C15H21ClN2O4S. The van der Waals surface area contributed by atoms with E-state index >= 15 is 0 Å². The summed E-state index contributed by atoms with van der Waals surface area (Å²) in [5.74, 6) is -0.237. The number of amides is 1. The van der Waals surface area contributed by atoms with Crippen molar-refractivity contribution in [2.75, 3.05) is 31.2 Å². The number of benzene rings is 1. The van der Waals surface area contributed by atoms with E-state index in [4.69, 9.17) is 16.3 Å². The van der Waals surface area contributed by atoms with E-state index in [0.717, 1.165) is 6.26 Å². The van der Waals surface area contributed by atoms with Crippen molar-refractivity contribution in [1.29, 1.82) is 0 Å². The summed E-state index contributed by atoms with van der Waals surface area (Å²) in [7, 11) is -3.36.